The maximum atomic E-state index is 12.0. The number of nitrogens with one attached hydrogen (secondary N) is 2. The summed E-state index contributed by atoms with van der Waals surface area (Å²) >= 11 is 0. The molecule has 3 aliphatic heterocycles. The molecule has 7 rings (SSSR count). The molecule has 3 atom stereocenters. The van der Waals surface area contributed by atoms with Crippen molar-refractivity contribution in [3.8, 4) is 5.75 Å². The molecule has 1 aromatic heterocycles. The van der Waals surface area contributed by atoms with Gasteiger partial charge in [-0.2, -0.15) is 0 Å². The average Bonchev–Trinajstić information content (AvgIpc) is 3.59. The van der Waals surface area contributed by atoms with E-state index in [-0.39, 0.29) is 40.3 Å². The van der Waals surface area contributed by atoms with Crippen LogP contribution in [0.1, 0.15) is 68.6 Å². The van der Waals surface area contributed by atoms with Gasteiger partial charge in [0.25, 0.3) is 0 Å². The van der Waals surface area contributed by atoms with Crippen LogP contribution in [-0.4, -0.2) is 76.8 Å². The molecular weight excluding hydrogens is 622 g/mol. The van der Waals surface area contributed by atoms with Gasteiger partial charge >= 0.3 is 0 Å². The first-order valence-corrected chi connectivity index (χ1v) is 16.4. The molecule has 44 heavy (non-hydrogen) atoms. The zero-order valence-electron chi connectivity index (χ0n) is 25.6. The number of piperidine rings is 3. The number of aromatic hydroxyl groups is 1. The fourth-order valence-corrected chi connectivity index (χ4v) is 8.12. The van der Waals surface area contributed by atoms with Crippen molar-refractivity contribution in [3.63, 3.8) is 0 Å². The number of ether oxygens (including phenoxy) is 1. The lowest BCUT2D eigenvalue weighted by Gasteiger charge is -2.53. The van der Waals surface area contributed by atoms with Gasteiger partial charge in [-0.1, -0.05) is 49.2 Å². The van der Waals surface area contributed by atoms with Crippen molar-refractivity contribution in [2.24, 2.45) is 11.8 Å². The van der Waals surface area contributed by atoms with Gasteiger partial charge in [0.1, 0.15) is 24.0 Å². The molecule has 3 aromatic rings. The van der Waals surface area contributed by atoms with Crippen LogP contribution in [0, 0.1) is 11.8 Å². The Hall–Kier alpha value is -2.27. The minimum atomic E-state index is -0.908. The van der Waals surface area contributed by atoms with E-state index in [4.69, 9.17) is 4.74 Å². The molecule has 0 unspecified atom stereocenters. The Bertz CT molecular complexity index is 1420. The van der Waals surface area contributed by atoms with E-state index in [1.54, 1.807) is 12.1 Å². The van der Waals surface area contributed by atoms with Gasteiger partial charge in [0.05, 0.1) is 37.9 Å². The second kappa shape index (κ2) is 14.4. The summed E-state index contributed by atoms with van der Waals surface area (Å²) in [7, 11) is 0. The van der Waals surface area contributed by atoms with Gasteiger partial charge in [-0.25, -0.2) is 0 Å². The van der Waals surface area contributed by atoms with Gasteiger partial charge in [0.2, 0.25) is 5.56 Å². The van der Waals surface area contributed by atoms with Gasteiger partial charge in [0, 0.05) is 36.8 Å². The van der Waals surface area contributed by atoms with Crippen LogP contribution in [0.15, 0.2) is 59.4 Å². The van der Waals surface area contributed by atoms with Gasteiger partial charge in [0.15, 0.2) is 0 Å². The first kappa shape index (κ1) is 33.1. The number of aliphatic hydroxyl groups excluding tert-OH is 1. The van der Waals surface area contributed by atoms with Gasteiger partial charge in [-0.05, 0) is 61.4 Å². The van der Waals surface area contributed by atoms with Crippen molar-refractivity contribution >= 4 is 10.9 Å². The molecule has 1 saturated carbocycles. The number of quaternary nitrogens is 1. The number of pyridine rings is 1. The highest BCUT2D eigenvalue weighted by molar-refractivity contribution is 5.87. The zero-order chi connectivity index (χ0) is 29.9. The van der Waals surface area contributed by atoms with Crippen LogP contribution in [0.25, 0.3) is 10.9 Å². The lowest BCUT2D eigenvalue weighted by atomic mass is 9.80. The molecule has 2 bridgehead atoms. The molecule has 240 valence electrons. The number of aliphatic hydroxyl groups is 2. The summed E-state index contributed by atoms with van der Waals surface area (Å²) in [6.07, 6.45) is 8.53. The normalized spacial score (nSPS) is 25.5. The zero-order valence-corrected chi connectivity index (χ0v) is 27.2. The molecule has 0 radical (unpaired) electrons. The Balaban J connectivity index is 0.00000384. The van der Waals surface area contributed by atoms with Crippen LogP contribution in [-0.2, 0) is 10.3 Å². The Labute approximate surface area is 270 Å². The molecule has 0 spiro atoms. The predicted molar refractivity (Wildman–Crippen MR) is 168 cm³/mol. The SMILES string of the molecule is O=c1ccc2c([C@@H](O)CNCCCC[N+]34CCC(CC3)[C@@H](OC[C@@](O)(c3ccccc3)C3CCCC3)C4)ccc(O)c2[nH]1.[Br-]. The molecule has 5 N–H and O–H groups in total. The number of aromatic nitrogens is 1. The molecule has 0 amide bonds. The highest BCUT2D eigenvalue weighted by atomic mass is 79.9. The minimum absolute atomic E-state index is 0. The quantitative estimate of drug-likeness (QED) is 0.139. The number of benzene rings is 2. The third-order valence-corrected chi connectivity index (χ3v) is 10.7. The van der Waals surface area contributed by atoms with Crippen LogP contribution in [0.2, 0.25) is 0 Å². The Morgan fingerprint density at radius 3 is 2.50 bits per heavy atom. The maximum absolute atomic E-state index is 12.0. The molecule has 2 aromatic carbocycles. The van der Waals surface area contributed by atoms with E-state index in [2.05, 4.69) is 22.4 Å². The number of H-pyrrole nitrogens is 1. The van der Waals surface area contributed by atoms with Crippen molar-refractivity contribution < 1.29 is 41.5 Å². The second-order valence-electron chi connectivity index (χ2n) is 13.4. The number of phenols is 1. The third kappa shape index (κ3) is 7.08. The monoisotopic (exact) mass is 669 g/mol. The summed E-state index contributed by atoms with van der Waals surface area (Å²) in [5, 5.41) is 37.0. The fraction of sp³-hybridized carbons (Fsp3) is 0.571. The van der Waals surface area contributed by atoms with E-state index in [1.165, 1.54) is 50.9 Å². The second-order valence-corrected chi connectivity index (χ2v) is 13.4. The van der Waals surface area contributed by atoms with Crippen LogP contribution in [0.5, 0.6) is 5.75 Å². The average molecular weight is 671 g/mol. The van der Waals surface area contributed by atoms with E-state index in [0.29, 0.717) is 35.5 Å². The minimum Gasteiger partial charge on any atom is -1.00 e. The number of fused-ring (bicyclic) bond motifs is 4. The Morgan fingerprint density at radius 1 is 1.00 bits per heavy atom. The number of nitrogens with zero attached hydrogens (tertiary/aromatic N) is 1. The van der Waals surface area contributed by atoms with E-state index in [9.17, 15) is 20.1 Å². The number of phenolic OH excluding ortho intramolecular Hbond substituents is 1. The molecular formula is C35H48BrN3O5. The Morgan fingerprint density at radius 2 is 1.75 bits per heavy atom. The van der Waals surface area contributed by atoms with Crippen molar-refractivity contribution in [3.05, 3.63) is 76.1 Å². The van der Waals surface area contributed by atoms with E-state index in [1.807, 2.05) is 18.2 Å². The number of unbranched alkanes of at least 4 members (excludes halogenated alkanes) is 1. The first-order valence-electron chi connectivity index (χ1n) is 16.4. The lowest BCUT2D eigenvalue weighted by molar-refractivity contribution is -0.946. The van der Waals surface area contributed by atoms with E-state index in [0.717, 1.165) is 55.4 Å². The molecule has 8 nitrogen and oxygen atoms in total. The highest BCUT2D eigenvalue weighted by Gasteiger charge is 2.48. The number of halogens is 1. The number of hydrogen-bond acceptors (Lipinski definition) is 6. The smallest absolute Gasteiger partial charge is 0.248 e. The molecule has 4 aliphatic rings. The van der Waals surface area contributed by atoms with Gasteiger partial charge in [-0.15, -0.1) is 0 Å². The van der Waals surface area contributed by atoms with Crippen molar-refractivity contribution in [2.75, 3.05) is 45.9 Å². The van der Waals surface area contributed by atoms with Gasteiger partial charge < -0.3 is 51.8 Å². The fourth-order valence-electron chi connectivity index (χ4n) is 8.12. The number of rotatable bonds is 13. The summed E-state index contributed by atoms with van der Waals surface area (Å²) in [4.78, 5) is 14.3. The first-order chi connectivity index (χ1) is 20.9. The third-order valence-electron chi connectivity index (χ3n) is 10.7. The Kier molecular flexibility index (Phi) is 10.9. The molecule has 4 heterocycles. The maximum Gasteiger partial charge on any atom is 0.248 e. The van der Waals surface area contributed by atoms with Crippen molar-refractivity contribution in [2.45, 2.75) is 69.2 Å². The topological polar surface area (TPSA) is 115 Å². The van der Waals surface area contributed by atoms with Crippen LogP contribution < -0.4 is 27.9 Å². The summed E-state index contributed by atoms with van der Waals surface area (Å²) in [6.45, 7) is 6.23. The predicted octanol–water partition coefficient (Wildman–Crippen LogP) is 1.34. The molecule has 1 aliphatic carbocycles. The number of aromatic amines is 1. The van der Waals surface area contributed by atoms with E-state index >= 15 is 0 Å². The summed E-state index contributed by atoms with van der Waals surface area (Å²) < 4.78 is 7.81. The van der Waals surface area contributed by atoms with Crippen LogP contribution in [0.3, 0.4) is 0 Å². The van der Waals surface area contributed by atoms with Crippen LogP contribution >= 0.6 is 0 Å². The number of hydrogen-bond donors (Lipinski definition) is 5. The molecule has 4 fully saturated rings. The lowest BCUT2D eigenvalue weighted by Crippen LogP contribution is -3.00. The molecule has 9 heteroatoms. The molecule has 3 saturated heterocycles. The largest absolute Gasteiger partial charge is 1.00 e. The summed E-state index contributed by atoms with van der Waals surface area (Å²) in [5.74, 6) is 0.863. The van der Waals surface area contributed by atoms with Crippen molar-refractivity contribution in [1.82, 2.24) is 10.3 Å². The standard InChI is InChI=1S/C35H47N3O5.BrH/c39-30-14-12-28(29-13-15-33(41)37-34(29)30)31(40)22-36-18-6-7-19-38-20-16-25(17-21-38)32(23-38)43-24-35(42,27-10-4-5-11-27)26-8-2-1-3-9-26;/h1-3,8-9,12-15,25,27,31-32,36,40,42H,4-7,10-11,16-24H2,(H-,37,39,41);1H/t25?,31-,32-,35+,38?;/m0./s1. The highest BCUT2D eigenvalue weighted by Crippen LogP contribution is 2.42. The summed E-state index contributed by atoms with van der Waals surface area (Å²) in [5.41, 5.74) is 0.845. The van der Waals surface area contributed by atoms with E-state index < -0.39 is 11.7 Å². The summed E-state index contributed by atoms with van der Waals surface area (Å²) in [6, 6.07) is 16.5. The van der Waals surface area contributed by atoms with Crippen molar-refractivity contribution in [1.29, 1.82) is 0 Å². The van der Waals surface area contributed by atoms with Crippen LogP contribution in [0.4, 0.5) is 0 Å². The van der Waals surface area contributed by atoms with Gasteiger partial charge in [-0.3, -0.25) is 4.79 Å².